The number of hydrogen-bond donors (Lipinski definition) is 0. The smallest absolute Gasteiger partial charge is 0.224 e. The summed E-state index contributed by atoms with van der Waals surface area (Å²) in [4.78, 5) is 13.7. The van der Waals surface area contributed by atoms with Crippen LogP contribution in [-0.4, -0.2) is 22.7 Å². The summed E-state index contributed by atoms with van der Waals surface area (Å²) < 4.78 is 0. The zero-order chi connectivity index (χ0) is 12.6. The van der Waals surface area contributed by atoms with Crippen LogP contribution >= 0.6 is 11.6 Å². The zero-order valence-corrected chi connectivity index (χ0v) is 11.3. The molecule has 1 saturated heterocycles. The molecule has 0 saturated carbocycles. The molecule has 92 valence electrons. The number of likely N-dealkylation sites (tertiary alicyclic amines) is 1. The summed E-state index contributed by atoms with van der Waals surface area (Å²) in [6.45, 7) is 6.90. The van der Waals surface area contributed by atoms with Gasteiger partial charge in [-0.3, -0.25) is 4.79 Å². The highest BCUT2D eigenvalue weighted by atomic mass is 35.5. The molecule has 0 radical (unpaired) electrons. The van der Waals surface area contributed by atoms with Crippen LogP contribution in [0.5, 0.6) is 0 Å². The Bertz CT molecular complexity index is 424. The van der Waals surface area contributed by atoms with Gasteiger partial charge in [-0.05, 0) is 26.3 Å². The van der Waals surface area contributed by atoms with Crippen molar-refractivity contribution in [2.45, 2.75) is 38.6 Å². The highest BCUT2D eigenvalue weighted by Crippen LogP contribution is 2.28. The van der Waals surface area contributed by atoms with E-state index < -0.39 is 0 Å². The minimum absolute atomic E-state index is 0.0316. The Balaban J connectivity index is 2.24. The van der Waals surface area contributed by atoms with E-state index in [0.29, 0.717) is 13.0 Å². The molecule has 1 aromatic rings. The van der Waals surface area contributed by atoms with Gasteiger partial charge in [0.2, 0.25) is 5.91 Å². The van der Waals surface area contributed by atoms with E-state index in [9.17, 15) is 4.79 Å². The van der Waals surface area contributed by atoms with Crippen molar-refractivity contribution in [3.8, 4) is 0 Å². The van der Waals surface area contributed by atoms with E-state index in [4.69, 9.17) is 11.6 Å². The van der Waals surface area contributed by atoms with Crippen LogP contribution in [0.1, 0.15) is 36.1 Å². The Kier molecular flexibility index (Phi) is 3.43. The molecule has 0 aliphatic carbocycles. The lowest BCUT2D eigenvalue weighted by atomic mass is 10.0. The van der Waals surface area contributed by atoms with Crippen molar-refractivity contribution in [1.82, 2.24) is 4.90 Å². The summed E-state index contributed by atoms with van der Waals surface area (Å²) in [5, 5.41) is -0.0316. The largest absolute Gasteiger partial charge is 0.334 e. The van der Waals surface area contributed by atoms with E-state index in [1.165, 1.54) is 16.7 Å². The van der Waals surface area contributed by atoms with Crippen LogP contribution in [0.4, 0.5) is 0 Å². The molecule has 0 N–H and O–H groups in total. The highest BCUT2D eigenvalue weighted by Gasteiger charge is 2.31. The molecule has 1 amide bonds. The summed E-state index contributed by atoms with van der Waals surface area (Å²) in [6, 6.07) is 6.55. The summed E-state index contributed by atoms with van der Waals surface area (Å²) in [7, 11) is 0. The van der Waals surface area contributed by atoms with Crippen molar-refractivity contribution in [2.24, 2.45) is 0 Å². The van der Waals surface area contributed by atoms with Gasteiger partial charge in [-0.1, -0.05) is 29.3 Å². The van der Waals surface area contributed by atoms with Crippen LogP contribution in [-0.2, 0) is 4.79 Å². The third kappa shape index (κ3) is 2.63. The van der Waals surface area contributed by atoms with Gasteiger partial charge >= 0.3 is 0 Å². The van der Waals surface area contributed by atoms with E-state index in [-0.39, 0.29) is 17.3 Å². The zero-order valence-electron chi connectivity index (χ0n) is 10.5. The van der Waals surface area contributed by atoms with Crippen molar-refractivity contribution in [2.75, 3.05) is 6.54 Å². The van der Waals surface area contributed by atoms with Crippen molar-refractivity contribution in [3.63, 3.8) is 0 Å². The Hall–Kier alpha value is -1.02. The number of carbonyl (C=O) groups excluding carboxylic acids is 1. The van der Waals surface area contributed by atoms with E-state index in [2.05, 4.69) is 39.0 Å². The summed E-state index contributed by atoms with van der Waals surface area (Å²) in [5.74, 6) is 0.164. The molecule has 0 aromatic heterocycles. The Labute approximate surface area is 108 Å². The standard InChI is InChI=1S/C14H18ClNO/c1-9-4-10(2)6-12(5-9)11(3)16-8-13(15)7-14(16)17/h4-6,11,13H,7-8H2,1-3H3. The lowest BCUT2D eigenvalue weighted by molar-refractivity contribution is -0.129. The maximum atomic E-state index is 11.8. The van der Waals surface area contributed by atoms with Gasteiger partial charge < -0.3 is 4.90 Å². The van der Waals surface area contributed by atoms with Gasteiger partial charge in [0, 0.05) is 13.0 Å². The quantitative estimate of drug-likeness (QED) is 0.740. The van der Waals surface area contributed by atoms with Gasteiger partial charge in [0.25, 0.3) is 0 Å². The lowest BCUT2D eigenvalue weighted by Gasteiger charge is -2.25. The second kappa shape index (κ2) is 4.69. The highest BCUT2D eigenvalue weighted by molar-refractivity contribution is 6.22. The Morgan fingerprint density at radius 3 is 2.35 bits per heavy atom. The average molecular weight is 252 g/mol. The molecule has 2 nitrogen and oxygen atoms in total. The van der Waals surface area contributed by atoms with Gasteiger partial charge in [0.15, 0.2) is 0 Å². The van der Waals surface area contributed by atoms with Crippen LogP contribution in [0.15, 0.2) is 18.2 Å². The van der Waals surface area contributed by atoms with E-state index >= 15 is 0 Å². The molecule has 0 spiro atoms. The third-order valence-corrected chi connectivity index (χ3v) is 3.60. The molecule has 2 unspecified atom stereocenters. The number of amides is 1. The summed E-state index contributed by atoms with van der Waals surface area (Å²) >= 11 is 6.03. The molecule has 1 aromatic carbocycles. The molecule has 3 heteroatoms. The van der Waals surface area contributed by atoms with Crippen LogP contribution in [0.25, 0.3) is 0 Å². The molecule has 2 rings (SSSR count). The predicted octanol–water partition coefficient (Wildman–Crippen LogP) is 3.20. The molecular weight excluding hydrogens is 234 g/mol. The minimum atomic E-state index is -0.0316. The number of nitrogens with zero attached hydrogens (tertiary/aromatic N) is 1. The summed E-state index contributed by atoms with van der Waals surface area (Å²) in [6.07, 6.45) is 0.469. The first-order chi connectivity index (χ1) is 7.97. The van der Waals surface area contributed by atoms with Crippen molar-refractivity contribution in [1.29, 1.82) is 0 Å². The van der Waals surface area contributed by atoms with Crippen molar-refractivity contribution >= 4 is 17.5 Å². The van der Waals surface area contributed by atoms with Crippen LogP contribution in [0, 0.1) is 13.8 Å². The first-order valence-electron chi connectivity index (χ1n) is 5.99. The number of benzene rings is 1. The second-order valence-corrected chi connectivity index (χ2v) is 5.56. The molecule has 1 aliphatic heterocycles. The maximum Gasteiger partial charge on any atom is 0.224 e. The predicted molar refractivity (Wildman–Crippen MR) is 70.3 cm³/mol. The number of carbonyl (C=O) groups is 1. The SMILES string of the molecule is Cc1cc(C)cc(C(C)N2CC(Cl)CC2=O)c1. The van der Waals surface area contributed by atoms with Gasteiger partial charge in [-0.15, -0.1) is 11.6 Å². The topological polar surface area (TPSA) is 20.3 Å². The van der Waals surface area contributed by atoms with E-state index in [0.717, 1.165) is 0 Å². The Morgan fingerprint density at radius 1 is 1.29 bits per heavy atom. The number of rotatable bonds is 2. The Morgan fingerprint density at radius 2 is 1.88 bits per heavy atom. The minimum Gasteiger partial charge on any atom is -0.334 e. The van der Waals surface area contributed by atoms with Crippen molar-refractivity contribution in [3.05, 3.63) is 34.9 Å². The lowest BCUT2D eigenvalue weighted by Crippen LogP contribution is -2.28. The van der Waals surface area contributed by atoms with Gasteiger partial charge in [0.05, 0.1) is 11.4 Å². The number of hydrogen-bond acceptors (Lipinski definition) is 1. The van der Waals surface area contributed by atoms with Crippen LogP contribution in [0.2, 0.25) is 0 Å². The number of halogens is 1. The van der Waals surface area contributed by atoms with Crippen molar-refractivity contribution < 1.29 is 4.79 Å². The maximum absolute atomic E-state index is 11.8. The normalized spacial score (nSPS) is 22.0. The van der Waals surface area contributed by atoms with E-state index in [1.54, 1.807) is 0 Å². The molecule has 1 aliphatic rings. The van der Waals surface area contributed by atoms with Gasteiger partial charge in [-0.2, -0.15) is 0 Å². The molecule has 1 heterocycles. The van der Waals surface area contributed by atoms with Crippen LogP contribution < -0.4 is 0 Å². The molecule has 0 bridgehead atoms. The molecular formula is C14H18ClNO. The fourth-order valence-electron chi connectivity index (χ4n) is 2.49. The number of alkyl halides is 1. The molecule has 2 atom stereocenters. The first kappa shape index (κ1) is 12.4. The number of aryl methyl sites for hydroxylation is 2. The third-order valence-electron chi connectivity index (χ3n) is 3.31. The van der Waals surface area contributed by atoms with Crippen LogP contribution in [0.3, 0.4) is 0 Å². The monoisotopic (exact) mass is 251 g/mol. The van der Waals surface area contributed by atoms with Gasteiger partial charge in [0.1, 0.15) is 0 Å². The second-order valence-electron chi connectivity index (χ2n) is 4.94. The van der Waals surface area contributed by atoms with Gasteiger partial charge in [-0.25, -0.2) is 0 Å². The first-order valence-corrected chi connectivity index (χ1v) is 6.42. The molecule has 1 fully saturated rings. The fourth-order valence-corrected chi connectivity index (χ4v) is 2.77. The van der Waals surface area contributed by atoms with E-state index in [1.807, 2.05) is 4.90 Å². The molecule has 17 heavy (non-hydrogen) atoms. The average Bonchev–Trinajstić information content (AvgIpc) is 2.55. The fraction of sp³-hybridized carbons (Fsp3) is 0.500. The summed E-state index contributed by atoms with van der Waals surface area (Å²) in [5.41, 5.74) is 3.67.